The van der Waals surface area contributed by atoms with Crippen molar-refractivity contribution in [3.63, 3.8) is 0 Å². The van der Waals surface area contributed by atoms with E-state index in [1.807, 2.05) is 12.1 Å². The third-order valence-corrected chi connectivity index (χ3v) is 5.17. The van der Waals surface area contributed by atoms with Crippen molar-refractivity contribution in [1.29, 1.82) is 5.26 Å². The highest BCUT2D eigenvalue weighted by atomic mass is 32.2. The molecule has 4 nitrogen and oxygen atoms in total. The first-order valence-corrected chi connectivity index (χ1v) is 7.45. The zero-order valence-corrected chi connectivity index (χ0v) is 11.2. The molecule has 0 spiro atoms. The number of nitrogens with zero attached hydrogens (tertiary/aromatic N) is 2. The first-order valence-electron chi connectivity index (χ1n) is 6.01. The summed E-state index contributed by atoms with van der Waals surface area (Å²) in [5, 5.41) is 8.51. The van der Waals surface area contributed by atoms with Crippen LogP contribution in [0.1, 0.15) is 24.0 Å². The number of nitriles is 1. The summed E-state index contributed by atoms with van der Waals surface area (Å²) in [4.78, 5) is 0.337. The molecule has 1 aliphatic rings. The number of rotatable bonds is 4. The Morgan fingerprint density at radius 3 is 2.78 bits per heavy atom. The minimum absolute atomic E-state index is 0.209. The van der Waals surface area contributed by atoms with Crippen LogP contribution in [0.25, 0.3) is 0 Å². The van der Waals surface area contributed by atoms with E-state index in [1.165, 1.54) is 16.9 Å². The van der Waals surface area contributed by atoms with E-state index in [-0.39, 0.29) is 13.0 Å². The van der Waals surface area contributed by atoms with E-state index in [0.717, 1.165) is 24.8 Å². The molecule has 18 heavy (non-hydrogen) atoms. The standard InChI is InChI=1S/C13H16N2O2S/c1-15(9-3-8-14)18(16,17)13-7-6-11-4-2-5-12(11)10-13/h6-7,10H,2-5,9H2,1H3. The molecular weight excluding hydrogens is 248 g/mol. The zero-order valence-electron chi connectivity index (χ0n) is 10.4. The Balaban J connectivity index is 2.28. The van der Waals surface area contributed by atoms with Gasteiger partial charge < -0.3 is 0 Å². The molecule has 1 aromatic rings. The summed E-state index contributed by atoms with van der Waals surface area (Å²) in [5.41, 5.74) is 2.40. The van der Waals surface area contributed by atoms with Crippen LogP contribution in [0.15, 0.2) is 23.1 Å². The fraction of sp³-hybridized carbons (Fsp3) is 0.462. The maximum Gasteiger partial charge on any atom is 0.242 e. The minimum atomic E-state index is -3.45. The van der Waals surface area contributed by atoms with Crippen molar-refractivity contribution in [1.82, 2.24) is 4.31 Å². The molecule has 5 heteroatoms. The minimum Gasteiger partial charge on any atom is -0.207 e. The number of aryl methyl sites for hydroxylation is 2. The van der Waals surface area contributed by atoms with E-state index in [0.29, 0.717) is 4.90 Å². The van der Waals surface area contributed by atoms with E-state index in [1.54, 1.807) is 12.1 Å². The zero-order chi connectivity index (χ0) is 13.2. The van der Waals surface area contributed by atoms with Crippen molar-refractivity contribution in [2.24, 2.45) is 0 Å². The second-order valence-electron chi connectivity index (χ2n) is 4.52. The first kappa shape index (κ1) is 13.1. The molecule has 2 rings (SSSR count). The van der Waals surface area contributed by atoms with Gasteiger partial charge in [0.2, 0.25) is 10.0 Å². The lowest BCUT2D eigenvalue weighted by molar-refractivity contribution is 0.476. The van der Waals surface area contributed by atoms with Gasteiger partial charge in [-0.2, -0.15) is 9.57 Å². The molecule has 0 atom stereocenters. The predicted molar refractivity (Wildman–Crippen MR) is 68.5 cm³/mol. The summed E-state index contributed by atoms with van der Waals surface area (Å²) < 4.78 is 25.8. The molecule has 0 bridgehead atoms. The van der Waals surface area contributed by atoms with Gasteiger partial charge in [-0.3, -0.25) is 0 Å². The molecule has 0 amide bonds. The highest BCUT2D eigenvalue weighted by Crippen LogP contribution is 2.25. The van der Waals surface area contributed by atoms with Gasteiger partial charge in [0, 0.05) is 20.0 Å². The Morgan fingerprint density at radius 1 is 1.33 bits per heavy atom. The third kappa shape index (κ3) is 2.40. The summed E-state index contributed by atoms with van der Waals surface area (Å²) in [6, 6.07) is 7.32. The lowest BCUT2D eigenvalue weighted by Crippen LogP contribution is -2.27. The average Bonchev–Trinajstić information content (AvgIpc) is 2.82. The molecule has 0 heterocycles. The van der Waals surface area contributed by atoms with Gasteiger partial charge in [-0.25, -0.2) is 8.42 Å². The van der Waals surface area contributed by atoms with Crippen LogP contribution in [0.5, 0.6) is 0 Å². The predicted octanol–water partition coefficient (Wildman–Crippen LogP) is 1.71. The van der Waals surface area contributed by atoms with E-state index in [2.05, 4.69) is 0 Å². The quantitative estimate of drug-likeness (QED) is 0.831. The SMILES string of the molecule is CN(CCC#N)S(=O)(=O)c1ccc2c(c1)CCC2. The number of hydrogen-bond donors (Lipinski definition) is 0. The second kappa shape index (κ2) is 5.09. The van der Waals surface area contributed by atoms with E-state index in [9.17, 15) is 8.42 Å². The lowest BCUT2D eigenvalue weighted by Gasteiger charge is -2.16. The van der Waals surface area contributed by atoms with Gasteiger partial charge in [-0.15, -0.1) is 0 Å². The fourth-order valence-electron chi connectivity index (χ4n) is 2.22. The topological polar surface area (TPSA) is 61.2 Å². The van der Waals surface area contributed by atoms with Gasteiger partial charge in [0.05, 0.1) is 11.0 Å². The lowest BCUT2D eigenvalue weighted by atomic mass is 10.1. The molecule has 0 unspecified atom stereocenters. The fourth-order valence-corrected chi connectivity index (χ4v) is 3.44. The van der Waals surface area contributed by atoms with Gasteiger partial charge in [0.15, 0.2) is 0 Å². The van der Waals surface area contributed by atoms with E-state index in [4.69, 9.17) is 5.26 Å². The van der Waals surface area contributed by atoms with Crippen LogP contribution >= 0.6 is 0 Å². The number of sulfonamides is 1. The van der Waals surface area contributed by atoms with Crippen LogP contribution in [0.3, 0.4) is 0 Å². The number of benzene rings is 1. The Kier molecular flexibility index (Phi) is 3.69. The maximum absolute atomic E-state index is 12.3. The van der Waals surface area contributed by atoms with Gasteiger partial charge in [-0.05, 0) is 42.5 Å². The monoisotopic (exact) mass is 264 g/mol. The maximum atomic E-state index is 12.3. The molecule has 1 aliphatic carbocycles. The van der Waals surface area contributed by atoms with Crippen LogP contribution < -0.4 is 0 Å². The van der Waals surface area contributed by atoms with Crippen molar-refractivity contribution in [2.45, 2.75) is 30.6 Å². The van der Waals surface area contributed by atoms with Gasteiger partial charge >= 0.3 is 0 Å². The third-order valence-electron chi connectivity index (χ3n) is 3.32. The van der Waals surface area contributed by atoms with Gasteiger partial charge in [0.1, 0.15) is 0 Å². The van der Waals surface area contributed by atoms with Crippen molar-refractivity contribution in [3.05, 3.63) is 29.3 Å². The Bertz CT molecular complexity index is 587. The van der Waals surface area contributed by atoms with Crippen LogP contribution in [-0.4, -0.2) is 26.3 Å². The normalized spacial score (nSPS) is 14.5. The Morgan fingerprint density at radius 2 is 2.06 bits per heavy atom. The summed E-state index contributed by atoms with van der Waals surface area (Å²) in [6.07, 6.45) is 3.31. The largest absolute Gasteiger partial charge is 0.242 e. The molecule has 0 aliphatic heterocycles. The number of fused-ring (bicyclic) bond motifs is 1. The first-order chi connectivity index (χ1) is 8.55. The van der Waals surface area contributed by atoms with Crippen LogP contribution in [0, 0.1) is 11.3 Å². The van der Waals surface area contributed by atoms with Crippen LogP contribution in [0.4, 0.5) is 0 Å². The smallest absolute Gasteiger partial charge is 0.207 e. The Hall–Kier alpha value is -1.38. The molecule has 0 radical (unpaired) electrons. The van der Waals surface area contributed by atoms with Crippen molar-refractivity contribution < 1.29 is 8.42 Å². The molecule has 0 saturated carbocycles. The average molecular weight is 264 g/mol. The van der Waals surface area contributed by atoms with Crippen LogP contribution in [-0.2, 0) is 22.9 Å². The van der Waals surface area contributed by atoms with Crippen molar-refractivity contribution in [2.75, 3.05) is 13.6 Å². The molecular formula is C13H16N2O2S. The van der Waals surface area contributed by atoms with Gasteiger partial charge in [-0.1, -0.05) is 6.07 Å². The molecule has 0 aromatic heterocycles. The van der Waals surface area contributed by atoms with Crippen molar-refractivity contribution in [3.8, 4) is 6.07 Å². The summed E-state index contributed by atoms with van der Waals surface area (Å²) in [7, 11) is -1.94. The molecule has 1 aromatic carbocycles. The molecule has 0 fully saturated rings. The van der Waals surface area contributed by atoms with Gasteiger partial charge in [0.25, 0.3) is 0 Å². The molecule has 0 saturated heterocycles. The highest BCUT2D eigenvalue weighted by Gasteiger charge is 2.22. The number of hydrogen-bond acceptors (Lipinski definition) is 3. The Labute approximate surface area is 108 Å². The second-order valence-corrected chi connectivity index (χ2v) is 6.56. The van der Waals surface area contributed by atoms with E-state index < -0.39 is 10.0 Å². The summed E-state index contributed by atoms with van der Waals surface area (Å²) in [6.45, 7) is 0.232. The molecule has 96 valence electrons. The summed E-state index contributed by atoms with van der Waals surface area (Å²) in [5.74, 6) is 0. The van der Waals surface area contributed by atoms with Crippen molar-refractivity contribution >= 4 is 10.0 Å². The summed E-state index contributed by atoms with van der Waals surface area (Å²) >= 11 is 0. The van der Waals surface area contributed by atoms with E-state index >= 15 is 0 Å². The highest BCUT2D eigenvalue weighted by molar-refractivity contribution is 7.89. The molecule has 0 N–H and O–H groups in total. The van der Waals surface area contributed by atoms with Crippen LogP contribution in [0.2, 0.25) is 0 Å².